The van der Waals surface area contributed by atoms with E-state index in [-0.39, 0.29) is 5.69 Å². The van der Waals surface area contributed by atoms with Crippen molar-refractivity contribution in [2.24, 2.45) is 0 Å². The molecular formula is C23H26F3N3O4. The van der Waals surface area contributed by atoms with Crippen LogP contribution in [0.15, 0.2) is 36.4 Å². The van der Waals surface area contributed by atoms with E-state index >= 15 is 0 Å². The van der Waals surface area contributed by atoms with Crippen molar-refractivity contribution in [3.05, 3.63) is 42.0 Å². The maximum atomic E-state index is 13.3. The van der Waals surface area contributed by atoms with Gasteiger partial charge in [-0.1, -0.05) is 0 Å². The van der Waals surface area contributed by atoms with Crippen molar-refractivity contribution >= 4 is 23.0 Å². The Hall–Kier alpha value is -3.14. The lowest BCUT2D eigenvalue weighted by atomic mass is 10.1. The number of anilines is 3. The van der Waals surface area contributed by atoms with Crippen molar-refractivity contribution in [1.29, 1.82) is 0 Å². The third-order valence-electron chi connectivity index (χ3n) is 5.46. The minimum absolute atomic E-state index is 0.115. The van der Waals surface area contributed by atoms with Gasteiger partial charge < -0.3 is 29.7 Å². The fourth-order valence-corrected chi connectivity index (χ4v) is 3.70. The Kier molecular flexibility index (Phi) is 6.83. The molecule has 0 saturated carbocycles. The molecule has 1 amide bonds. The van der Waals surface area contributed by atoms with Gasteiger partial charge >= 0.3 is 6.18 Å². The minimum Gasteiger partial charge on any atom is -0.490 e. The van der Waals surface area contributed by atoms with E-state index in [1.807, 2.05) is 4.90 Å². The smallest absolute Gasteiger partial charge is 0.416 e. The number of benzene rings is 2. The van der Waals surface area contributed by atoms with Gasteiger partial charge in [-0.15, -0.1) is 0 Å². The van der Waals surface area contributed by atoms with Gasteiger partial charge in [-0.05, 0) is 37.3 Å². The Morgan fingerprint density at radius 3 is 2.45 bits per heavy atom. The topological polar surface area (TPSA) is 72.1 Å². The first-order chi connectivity index (χ1) is 15.8. The number of carbonyl (C=O) groups excluding carboxylic acids is 1. The van der Waals surface area contributed by atoms with Gasteiger partial charge in [0.15, 0.2) is 11.5 Å². The number of hydrogen-bond donors (Lipinski definition) is 2. The van der Waals surface area contributed by atoms with Gasteiger partial charge in [-0.2, -0.15) is 13.2 Å². The molecule has 2 aliphatic rings. The van der Waals surface area contributed by atoms with Gasteiger partial charge in [0.25, 0.3) is 0 Å². The number of ether oxygens (including phenoxy) is 3. The lowest BCUT2D eigenvalue weighted by Crippen LogP contribution is -2.37. The van der Waals surface area contributed by atoms with Gasteiger partial charge in [-0.25, -0.2) is 0 Å². The number of amides is 1. The fraction of sp³-hybridized carbons (Fsp3) is 0.435. The second-order valence-electron chi connectivity index (χ2n) is 7.90. The summed E-state index contributed by atoms with van der Waals surface area (Å²) >= 11 is 0. The van der Waals surface area contributed by atoms with E-state index in [1.165, 1.54) is 6.07 Å². The van der Waals surface area contributed by atoms with Crippen LogP contribution in [0.2, 0.25) is 0 Å². The van der Waals surface area contributed by atoms with Crippen LogP contribution in [-0.2, 0) is 15.7 Å². The lowest BCUT2D eigenvalue weighted by molar-refractivity contribution is -0.137. The molecule has 1 fully saturated rings. The second kappa shape index (κ2) is 9.78. The van der Waals surface area contributed by atoms with Crippen LogP contribution in [-0.4, -0.2) is 51.5 Å². The Morgan fingerprint density at radius 2 is 1.73 bits per heavy atom. The largest absolute Gasteiger partial charge is 0.490 e. The Bertz CT molecular complexity index is 993. The first kappa shape index (κ1) is 23.0. The summed E-state index contributed by atoms with van der Waals surface area (Å²) in [6.45, 7) is 4.74. The number of fused-ring (bicyclic) bond motifs is 1. The molecule has 0 radical (unpaired) electrons. The normalized spacial score (nSPS) is 17.2. The zero-order chi connectivity index (χ0) is 23.4. The SMILES string of the molecule is C[C@@H](Nc1ccc2c(c1)OCCCO2)C(=O)Nc1cc(C(F)(F)F)ccc1N1CCOCC1. The number of nitrogens with one attached hydrogen (secondary N) is 2. The maximum absolute atomic E-state index is 13.3. The summed E-state index contributed by atoms with van der Waals surface area (Å²) in [5, 5.41) is 5.75. The maximum Gasteiger partial charge on any atom is 0.416 e. The van der Waals surface area contributed by atoms with Crippen molar-refractivity contribution in [1.82, 2.24) is 0 Å². The van der Waals surface area contributed by atoms with Gasteiger partial charge in [0.05, 0.1) is 43.4 Å². The molecule has 4 rings (SSSR count). The Labute approximate surface area is 189 Å². The molecule has 33 heavy (non-hydrogen) atoms. The summed E-state index contributed by atoms with van der Waals surface area (Å²) in [6, 6.07) is 7.95. The number of alkyl halides is 3. The third-order valence-corrected chi connectivity index (χ3v) is 5.46. The van der Waals surface area contributed by atoms with E-state index in [1.54, 1.807) is 25.1 Å². The highest BCUT2D eigenvalue weighted by molar-refractivity contribution is 5.99. The van der Waals surface area contributed by atoms with Crippen LogP contribution in [0.5, 0.6) is 11.5 Å². The molecule has 2 heterocycles. The van der Waals surface area contributed by atoms with Crippen LogP contribution in [0, 0.1) is 0 Å². The van der Waals surface area contributed by atoms with Crippen LogP contribution < -0.4 is 25.0 Å². The highest BCUT2D eigenvalue weighted by Crippen LogP contribution is 2.36. The van der Waals surface area contributed by atoms with E-state index < -0.39 is 23.7 Å². The van der Waals surface area contributed by atoms with Crippen molar-refractivity contribution in [2.45, 2.75) is 25.6 Å². The molecular weight excluding hydrogens is 439 g/mol. The molecule has 1 atom stereocenters. The monoisotopic (exact) mass is 465 g/mol. The molecule has 0 unspecified atom stereocenters. The zero-order valence-electron chi connectivity index (χ0n) is 18.2. The van der Waals surface area contributed by atoms with Gasteiger partial charge in [-0.3, -0.25) is 4.79 Å². The van der Waals surface area contributed by atoms with E-state index in [0.29, 0.717) is 62.4 Å². The fourth-order valence-electron chi connectivity index (χ4n) is 3.70. The number of halogens is 3. The molecule has 10 heteroatoms. The van der Waals surface area contributed by atoms with E-state index in [2.05, 4.69) is 10.6 Å². The van der Waals surface area contributed by atoms with Crippen LogP contribution in [0.4, 0.5) is 30.2 Å². The Morgan fingerprint density at radius 1 is 1.00 bits per heavy atom. The molecule has 0 aromatic heterocycles. The summed E-state index contributed by atoms with van der Waals surface area (Å²) in [5.74, 6) is 0.753. The molecule has 0 bridgehead atoms. The third kappa shape index (κ3) is 5.62. The van der Waals surface area contributed by atoms with E-state index in [4.69, 9.17) is 14.2 Å². The number of carbonyl (C=O) groups is 1. The predicted molar refractivity (Wildman–Crippen MR) is 118 cm³/mol. The van der Waals surface area contributed by atoms with Crippen molar-refractivity contribution in [3.63, 3.8) is 0 Å². The molecule has 178 valence electrons. The van der Waals surface area contributed by atoms with Gasteiger partial charge in [0.1, 0.15) is 6.04 Å². The van der Waals surface area contributed by atoms with Crippen molar-refractivity contribution in [2.75, 3.05) is 55.1 Å². The van der Waals surface area contributed by atoms with Crippen molar-refractivity contribution < 1.29 is 32.2 Å². The van der Waals surface area contributed by atoms with E-state index in [0.717, 1.165) is 18.6 Å². The molecule has 2 aromatic rings. The highest BCUT2D eigenvalue weighted by Gasteiger charge is 2.32. The van der Waals surface area contributed by atoms with Gasteiger partial charge in [0.2, 0.25) is 5.91 Å². The first-order valence-electron chi connectivity index (χ1n) is 10.8. The molecule has 7 nitrogen and oxygen atoms in total. The summed E-state index contributed by atoms with van der Waals surface area (Å²) in [7, 11) is 0. The molecule has 2 aromatic carbocycles. The second-order valence-corrected chi connectivity index (χ2v) is 7.90. The number of morpholine rings is 1. The van der Waals surface area contributed by atoms with E-state index in [9.17, 15) is 18.0 Å². The highest BCUT2D eigenvalue weighted by atomic mass is 19.4. The van der Waals surface area contributed by atoms with Crippen LogP contribution >= 0.6 is 0 Å². The average Bonchev–Trinajstić information content (AvgIpc) is 3.04. The molecule has 2 aliphatic heterocycles. The molecule has 0 spiro atoms. The molecule has 2 N–H and O–H groups in total. The lowest BCUT2D eigenvalue weighted by Gasteiger charge is -2.31. The zero-order valence-corrected chi connectivity index (χ0v) is 18.2. The van der Waals surface area contributed by atoms with Gasteiger partial charge in [0, 0.05) is 31.3 Å². The average molecular weight is 465 g/mol. The summed E-state index contributed by atoms with van der Waals surface area (Å²) < 4.78 is 56.5. The molecule has 1 saturated heterocycles. The standard InChI is InChI=1S/C23H26F3N3O4/c1-15(27-17-4-6-20-21(14-17)33-10-2-9-32-20)22(30)28-18-13-16(23(24,25)26)3-5-19(18)29-7-11-31-12-8-29/h3-6,13-15,27H,2,7-12H2,1H3,(H,28,30)/t15-/m1/s1. The first-order valence-corrected chi connectivity index (χ1v) is 10.8. The molecule has 0 aliphatic carbocycles. The van der Waals surface area contributed by atoms with Crippen LogP contribution in [0.1, 0.15) is 18.9 Å². The quantitative estimate of drug-likeness (QED) is 0.692. The Balaban J connectivity index is 1.51. The van der Waals surface area contributed by atoms with Crippen molar-refractivity contribution in [3.8, 4) is 11.5 Å². The number of nitrogens with zero attached hydrogens (tertiary/aromatic N) is 1. The summed E-state index contributed by atoms with van der Waals surface area (Å²) in [5.41, 5.74) is 0.462. The number of rotatable bonds is 5. The summed E-state index contributed by atoms with van der Waals surface area (Å²) in [6.07, 6.45) is -3.74. The minimum atomic E-state index is -4.52. The van der Waals surface area contributed by atoms with Crippen LogP contribution in [0.3, 0.4) is 0 Å². The summed E-state index contributed by atoms with van der Waals surface area (Å²) in [4.78, 5) is 14.8. The number of hydrogen-bond acceptors (Lipinski definition) is 6. The predicted octanol–water partition coefficient (Wildman–Crippen LogP) is 4.14. The van der Waals surface area contributed by atoms with Crippen LogP contribution in [0.25, 0.3) is 0 Å².